The van der Waals surface area contributed by atoms with E-state index in [1.54, 1.807) is 18.4 Å². The third-order valence-corrected chi connectivity index (χ3v) is 4.33. The Balaban J connectivity index is 2.05. The fourth-order valence-corrected chi connectivity index (χ4v) is 2.99. The smallest absolute Gasteiger partial charge is 0.417 e. The third kappa shape index (κ3) is 5.96. The molecule has 2 aromatic rings. The number of hydrogen-bond donors (Lipinski definition) is 1. The second-order valence-electron chi connectivity index (χ2n) is 4.73. The van der Waals surface area contributed by atoms with Crippen LogP contribution in [-0.4, -0.2) is 23.8 Å². The fraction of sp³-hybridized carbons (Fsp3) is 0.267. The van der Waals surface area contributed by atoms with Gasteiger partial charge >= 0.3 is 12.1 Å². The zero-order chi connectivity index (χ0) is 18.4. The number of nitrogens with zero attached hydrogens (tertiary/aromatic N) is 2. The van der Waals surface area contributed by atoms with Crippen LogP contribution >= 0.6 is 33.9 Å². The molecule has 0 aliphatic carbocycles. The molecule has 25 heavy (non-hydrogen) atoms. The Morgan fingerprint density at radius 3 is 2.92 bits per heavy atom. The minimum atomic E-state index is -4.46. The number of ether oxygens (including phenoxy) is 1. The molecule has 0 amide bonds. The molecule has 0 unspecified atom stereocenters. The summed E-state index contributed by atoms with van der Waals surface area (Å²) in [5.74, 6) is -0.392. The first kappa shape index (κ1) is 19.6. The number of carbonyl (C=O) groups is 1. The van der Waals surface area contributed by atoms with Gasteiger partial charge in [0, 0.05) is 14.5 Å². The quantitative estimate of drug-likeness (QED) is 0.288. The summed E-state index contributed by atoms with van der Waals surface area (Å²) in [7, 11) is 0. The second kappa shape index (κ2) is 8.61. The molecule has 0 atom stereocenters. The molecule has 0 aliphatic heterocycles. The number of rotatable bonds is 6. The summed E-state index contributed by atoms with van der Waals surface area (Å²) in [5.41, 5.74) is 2.26. The Hall–Kier alpha value is -1.69. The number of benzene rings is 1. The molecule has 2 rings (SSSR count). The molecule has 0 spiro atoms. The summed E-state index contributed by atoms with van der Waals surface area (Å²) in [6.45, 7) is 2.00. The van der Waals surface area contributed by atoms with Crippen molar-refractivity contribution in [3.63, 3.8) is 0 Å². The highest BCUT2D eigenvalue weighted by Gasteiger charge is 2.33. The minimum absolute atomic E-state index is 0.0328. The van der Waals surface area contributed by atoms with Crippen LogP contribution in [-0.2, 0) is 22.1 Å². The van der Waals surface area contributed by atoms with Gasteiger partial charge in [0.2, 0.25) is 5.13 Å². The first-order chi connectivity index (χ1) is 11.8. The summed E-state index contributed by atoms with van der Waals surface area (Å²) in [6, 6.07) is 3.98. The van der Waals surface area contributed by atoms with Crippen molar-refractivity contribution in [1.82, 2.24) is 4.98 Å². The van der Waals surface area contributed by atoms with Gasteiger partial charge in [-0.15, -0.1) is 11.3 Å². The molecule has 1 N–H and O–H groups in total. The number of hydrazone groups is 1. The molecule has 5 nitrogen and oxygen atoms in total. The third-order valence-electron chi connectivity index (χ3n) is 2.87. The zero-order valence-electron chi connectivity index (χ0n) is 12.9. The molecule has 0 radical (unpaired) electrons. The van der Waals surface area contributed by atoms with E-state index in [9.17, 15) is 18.0 Å². The van der Waals surface area contributed by atoms with E-state index in [1.807, 2.05) is 22.6 Å². The van der Waals surface area contributed by atoms with E-state index in [0.717, 1.165) is 12.3 Å². The molecule has 1 heterocycles. The van der Waals surface area contributed by atoms with Gasteiger partial charge in [0.1, 0.15) is 0 Å². The number of anilines is 1. The average molecular weight is 483 g/mol. The number of nitrogens with one attached hydrogen (secondary N) is 1. The lowest BCUT2D eigenvalue weighted by molar-refractivity contribution is -0.142. The van der Waals surface area contributed by atoms with Crippen LogP contribution in [0.1, 0.15) is 23.7 Å². The number of halogens is 4. The lowest BCUT2D eigenvalue weighted by Crippen LogP contribution is -2.09. The number of aromatic nitrogens is 1. The average Bonchev–Trinajstić information content (AvgIpc) is 2.95. The van der Waals surface area contributed by atoms with Crippen LogP contribution in [0.2, 0.25) is 0 Å². The van der Waals surface area contributed by atoms with Crippen molar-refractivity contribution in [1.29, 1.82) is 0 Å². The number of hydrogen-bond acceptors (Lipinski definition) is 6. The highest BCUT2D eigenvalue weighted by molar-refractivity contribution is 14.1. The predicted molar refractivity (Wildman–Crippen MR) is 97.8 cm³/mol. The largest absolute Gasteiger partial charge is 0.466 e. The van der Waals surface area contributed by atoms with E-state index in [1.165, 1.54) is 17.4 Å². The lowest BCUT2D eigenvalue weighted by atomic mass is 10.1. The van der Waals surface area contributed by atoms with Crippen molar-refractivity contribution >= 4 is 51.2 Å². The van der Waals surface area contributed by atoms with Gasteiger partial charge in [-0.3, -0.25) is 10.2 Å². The molecular formula is C15H13F3IN3O2S. The van der Waals surface area contributed by atoms with E-state index in [-0.39, 0.29) is 18.6 Å². The van der Waals surface area contributed by atoms with Crippen molar-refractivity contribution in [2.75, 3.05) is 12.0 Å². The standard InChI is InChI=1S/C15H13F3IN3O2S/c1-2-24-13(23)6-11-8-25-14(21-11)22-20-7-9-3-4-10(19)5-12(9)15(16,17)18/h3-5,7-8H,2,6H2,1H3,(H,21,22). The maximum Gasteiger partial charge on any atom is 0.417 e. The Kier molecular flexibility index (Phi) is 6.76. The maximum absolute atomic E-state index is 13.0. The van der Waals surface area contributed by atoms with Crippen molar-refractivity contribution in [2.24, 2.45) is 5.10 Å². The van der Waals surface area contributed by atoms with Crippen molar-refractivity contribution in [2.45, 2.75) is 19.5 Å². The van der Waals surface area contributed by atoms with Gasteiger partial charge in [0.25, 0.3) is 0 Å². The van der Waals surface area contributed by atoms with Gasteiger partial charge in [0.15, 0.2) is 0 Å². The van der Waals surface area contributed by atoms with Gasteiger partial charge in [0.05, 0.1) is 30.5 Å². The van der Waals surface area contributed by atoms with E-state index >= 15 is 0 Å². The van der Waals surface area contributed by atoms with Gasteiger partial charge < -0.3 is 4.74 Å². The summed E-state index contributed by atoms with van der Waals surface area (Å²) in [6.07, 6.45) is -3.34. The van der Waals surface area contributed by atoms with Gasteiger partial charge in [-0.25, -0.2) is 4.98 Å². The zero-order valence-corrected chi connectivity index (χ0v) is 15.9. The molecule has 0 bridgehead atoms. The molecule has 134 valence electrons. The Labute approximate surface area is 159 Å². The van der Waals surface area contributed by atoms with Crippen LogP contribution in [0.4, 0.5) is 18.3 Å². The molecule has 1 aromatic carbocycles. The second-order valence-corrected chi connectivity index (χ2v) is 6.83. The Morgan fingerprint density at radius 2 is 2.24 bits per heavy atom. The molecule has 10 heteroatoms. The van der Waals surface area contributed by atoms with Crippen LogP contribution in [0.15, 0.2) is 28.7 Å². The molecular weight excluding hydrogens is 470 g/mol. The SMILES string of the molecule is CCOC(=O)Cc1csc(NN=Cc2ccc(I)cc2C(F)(F)F)n1. The summed E-state index contributed by atoms with van der Waals surface area (Å²) in [5, 5.41) is 5.82. The lowest BCUT2D eigenvalue weighted by Gasteiger charge is -2.10. The van der Waals surface area contributed by atoms with Crippen molar-refractivity contribution in [3.8, 4) is 0 Å². The van der Waals surface area contributed by atoms with Gasteiger partial charge in [-0.1, -0.05) is 6.07 Å². The number of alkyl halides is 3. The maximum atomic E-state index is 13.0. The van der Waals surface area contributed by atoms with E-state index < -0.39 is 17.7 Å². The van der Waals surface area contributed by atoms with Crippen LogP contribution in [0.3, 0.4) is 0 Å². The van der Waals surface area contributed by atoms with Crippen LogP contribution in [0.25, 0.3) is 0 Å². The summed E-state index contributed by atoms with van der Waals surface area (Å²) >= 11 is 3.01. The fourth-order valence-electron chi connectivity index (χ4n) is 1.84. The molecule has 0 saturated carbocycles. The van der Waals surface area contributed by atoms with E-state index in [0.29, 0.717) is 14.4 Å². The minimum Gasteiger partial charge on any atom is -0.466 e. The highest BCUT2D eigenvalue weighted by Crippen LogP contribution is 2.32. The molecule has 0 fully saturated rings. The van der Waals surface area contributed by atoms with E-state index in [4.69, 9.17) is 4.74 Å². The summed E-state index contributed by atoms with van der Waals surface area (Å²) < 4.78 is 44.4. The van der Waals surface area contributed by atoms with Crippen LogP contribution in [0.5, 0.6) is 0 Å². The topological polar surface area (TPSA) is 63.6 Å². The van der Waals surface area contributed by atoms with Gasteiger partial charge in [-0.05, 0) is 41.6 Å². The number of carbonyl (C=O) groups excluding carboxylic acids is 1. The first-order valence-corrected chi connectivity index (χ1v) is 9.01. The predicted octanol–water partition coefficient (Wildman–Crippen LogP) is 4.32. The highest BCUT2D eigenvalue weighted by atomic mass is 127. The van der Waals surface area contributed by atoms with Crippen molar-refractivity contribution in [3.05, 3.63) is 44.0 Å². The van der Waals surface area contributed by atoms with Gasteiger partial charge in [-0.2, -0.15) is 18.3 Å². The number of thiazole rings is 1. The molecule has 1 aromatic heterocycles. The first-order valence-electron chi connectivity index (χ1n) is 7.05. The van der Waals surface area contributed by atoms with Crippen LogP contribution in [0, 0.1) is 3.57 Å². The monoisotopic (exact) mass is 483 g/mol. The van der Waals surface area contributed by atoms with Crippen molar-refractivity contribution < 1.29 is 22.7 Å². The molecule has 0 aliphatic rings. The Bertz CT molecular complexity index is 778. The normalized spacial score (nSPS) is 11.7. The molecule has 0 saturated heterocycles. The van der Waals surface area contributed by atoms with Crippen LogP contribution < -0.4 is 5.43 Å². The number of esters is 1. The Morgan fingerprint density at radius 1 is 1.48 bits per heavy atom. The van der Waals surface area contributed by atoms with E-state index in [2.05, 4.69) is 15.5 Å². The summed E-state index contributed by atoms with van der Waals surface area (Å²) in [4.78, 5) is 15.5.